The van der Waals surface area contributed by atoms with Crippen molar-refractivity contribution < 1.29 is 22.7 Å². The predicted octanol–water partition coefficient (Wildman–Crippen LogP) is 3.90. The Labute approximate surface area is 118 Å². The minimum Gasteiger partial charge on any atom is -0.496 e. The normalized spacial score (nSPS) is 11.4. The van der Waals surface area contributed by atoms with E-state index < -0.39 is 11.7 Å². The van der Waals surface area contributed by atoms with Crippen molar-refractivity contribution in [2.75, 3.05) is 12.4 Å². The maximum Gasteiger partial charge on any atom is 0.417 e. The van der Waals surface area contributed by atoms with Crippen LogP contribution in [0.25, 0.3) is 0 Å². The van der Waals surface area contributed by atoms with Gasteiger partial charge in [-0.3, -0.25) is 4.79 Å². The molecule has 0 spiro atoms. The molecule has 0 unspecified atom stereocenters. The quantitative estimate of drug-likeness (QED) is 0.419. The minimum absolute atomic E-state index is 0.0276. The molecule has 7 heteroatoms. The van der Waals surface area contributed by atoms with Crippen molar-refractivity contribution in [1.29, 1.82) is 0 Å². The zero-order valence-corrected chi connectivity index (χ0v) is 12.3. The molecule has 0 saturated heterocycles. The molecular weight excluding hydrogens is 416 g/mol. The van der Waals surface area contributed by atoms with E-state index in [2.05, 4.69) is 15.9 Å². The summed E-state index contributed by atoms with van der Waals surface area (Å²) >= 11 is 4.52. The first-order valence-corrected chi connectivity index (χ1v) is 6.55. The molecule has 0 N–H and O–H groups in total. The number of benzene rings is 1. The monoisotopic (exact) mass is 422 g/mol. The van der Waals surface area contributed by atoms with E-state index in [9.17, 15) is 18.0 Å². The first-order chi connectivity index (χ1) is 7.81. The van der Waals surface area contributed by atoms with Gasteiger partial charge in [0.05, 0.1) is 23.6 Å². The fourth-order valence-electron chi connectivity index (χ4n) is 1.23. The van der Waals surface area contributed by atoms with Gasteiger partial charge in [0.25, 0.3) is 0 Å². The molecule has 1 aromatic rings. The molecule has 17 heavy (non-hydrogen) atoms. The van der Waals surface area contributed by atoms with Gasteiger partial charge in [0, 0.05) is 3.57 Å². The first-order valence-electron chi connectivity index (χ1n) is 4.35. The fourth-order valence-corrected chi connectivity index (χ4v) is 2.30. The van der Waals surface area contributed by atoms with E-state index in [0.29, 0.717) is 0 Å². The van der Waals surface area contributed by atoms with Crippen molar-refractivity contribution >= 4 is 44.3 Å². The van der Waals surface area contributed by atoms with Crippen molar-refractivity contribution in [3.63, 3.8) is 0 Å². The summed E-state index contributed by atoms with van der Waals surface area (Å²) in [6, 6.07) is 2.03. The summed E-state index contributed by atoms with van der Waals surface area (Å²) in [6.45, 7) is 0. The molecule has 0 saturated carbocycles. The van der Waals surface area contributed by atoms with E-state index in [1.54, 1.807) is 22.6 Å². The molecule has 0 bridgehead atoms. The minimum atomic E-state index is -4.46. The average Bonchev–Trinajstić information content (AvgIpc) is 2.26. The van der Waals surface area contributed by atoms with Gasteiger partial charge in [0.2, 0.25) is 0 Å². The van der Waals surface area contributed by atoms with E-state index in [1.807, 2.05) is 0 Å². The Hall–Kier alpha value is -0.310. The molecule has 1 rings (SSSR count). The Morgan fingerprint density at radius 1 is 1.47 bits per heavy atom. The molecule has 0 amide bonds. The van der Waals surface area contributed by atoms with Gasteiger partial charge >= 0.3 is 6.18 Å². The molecular formula is C10H7BrF3IO2. The molecule has 0 aliphatic heterocycles. The summed E-state index contributed by atoms with van der Waals surface area (Å²) < 4.78 is 42.7. The highest BCUT2D eigenvalue weighted by Gasteiger charge is 2.34. The van der Waals surface area contributed by atoms with Gasteiger partial charge in [-0.05, 0) is 34.7 Å². The molecule has 0 aliphatic rings. The highest BCUT2D eigenvalue weighted by molar-refractivity contribution is 14.1. The first kappa shape index (κ1) is 14.7. The van der Waals surface area contributed by atoms with Crippen LogP contribution >= 0.6 is 38.5 Å². The maximum absolute atomic E-state index is 12.6. The van der Waals surface area contributed by atoms with E-state index in [1.165, 1.54) is 13.2 Å². The standard InChI is InChI=1S/C10H7BrF3IO2/c1-17-9-3-6(10(12,13)14)7(15)2-5(9)8(16)4-11/h2-3H,4H2,1H3. The van der Waals surface area contributed by atoms with Gasteiger partial charge in [0.15, 0.2) is 5.78 Å². The molecule has 2 nitrogen and oxygen atoms in total. The number of methoxy groups -OCH3 is 1. The largest absolute Gasteiger partial charge is 0.496 e. The third-order valence-electron chi connectivity index (χ3n) is 2.02. The van der Waals surface area contributed by atoms with Crippen LogP contribution in [0.2, 0.25) is 0 Å². The SMILES string of the molecule is COc1cc(C(F)(F)F)c(I)cc1C(=O)CBr. The molecule has 0 heterocycles. The zero-order chi connectivity index (χ0) is 13.2. The summed E-state index contributed by atoms with van der Waals surface area (Å²) in [6.07, 6.45) is -4.46. The Balaban J connectivity index is 3.40. The van der Waals surface area contributed by atoms with Crippen LogP contribution in [-0.4, -0.2) is 18.2 Å². The average molecular weight is 423 g/mol. The van der Waals surface area contributed by atoms with Crippen LogP contribution in [0, 0.1) is 3.57 Å². The lowest BCUT2D eigenvalue weighted by molar-refractivity contribution is -0.138. The number of hydrogen-bond donors (Lipinski definition) is 0. The van der Waals surface area contributed by atoms with Gasteiger partial charge < -0.3 is 4.74 Å². The van der Waals surface area contributed by atoms with Gasteiger partial charge in [-0.15, -0.1) is 0 Å². The Morgan fingerprint density at radius 2 is 2.06 bits per heavy atom. The number of ether oxygens (including phenoxy) is 1. The third-order valence-corrected chi connectivity index (χ3v) is 3.42. The second kappa shape index (κ2) is 5.55. The summed E-state index contributed by atoms with van der Waals surface area (Å²) in [7, 11) is 1.23. The van der Waals surface area contributed by atoms with E-state index >= 15 is 0 Å². The lowest BCUT2D eigenvalue weighted by Gasteiger charge is -2.13. The number of carbonyl (C=O) groups excluding carboxylic acids is 1. The van der Waals surface area contributed by atoms with Crippen molar-refractivity contribution in [2.24, 2.45) is 0 Å². The van der Waals surface area contributed by atoms with Crippen LogP contribution in [0.15, 0.2) is 12.1 Å². The molecule has 1 aromatic carbocycles. The number of hydrogen-bond acceptors (Lipinski definition) is 2. The van der Waals surface area contributed by atoms with Gasteiger partial charge in [0.1, 0.15) is 5.75 Å². The number of halogens is 5. The fraction of sp³-hybridized carbons (Fsp3) is 0.300. The van der Waals surface area contributed by atoms with Crippen LogP contribution < -0.4 is 4.74 Å². The Kier molecular flexibility index (Phi) is 4.82. The lowest BCUT2D eigenvalue weighted by atomic mass is 10.1. The van der Waals surface area contributed by atoms with E-state index in [0.717, 1.165) is 6.07 Å². The second-order valence-corrected chi connectivity index (χ2v) is 4.81. The molecule has 0 aliphatic carbocycles. The maximum atomic E-state index is 12.6. The topological polar surface area (TPSA) is 26.3 Å². The number of Topliss-reactive ketones (excluding diaryl/α,β-unsaturated/α-hetero) is 1. The van der Waals surface area contributed by atoms with Crippen LogP contribution in [0.5, 0.6) is 5.75 Å². The summed E-state index contributed by atoms with van der Waals surface area (Å²) in [5.74, 6) is -0.393. The van der Waals surface area contributed by atoms with Crippen LogP contribution in [-0.2, 0) is 6.18 Å². The summed E-state index contributed by atoms with van der Waals surface area (Å²) in [5.41, 5.74) is -0.664. The van der Waals surface area contributed by atoms with Crippen molar-refractivity contribution in [3.05, 3.63) is 26.8 Å². The van der Waals surface area contributed by atoms with E-state index in [-0.39, 0.29) is 26.0 Å². The zero-order valence-electron chi connectivity index (χ0n) is 8.57. The second-order valence-electron chi connectivity index (χ2n) is 3.09. The molecule has 0 atom stereocenters. The van der Waals surface area contributed by atoms with Crippen molar-refractivity contribution in [2.45, 2.75) is 6.18 Å². The highest BCUT2D eigenvalue weighted by Crippen LogP contribution is 2.36. The number of carbonyl (C=O) groups is 1. The summed E-state index contributed by atoms with van der Waals surface area (Å²) in [5, 5.41) is 0.0325. The predicted molar refractivity (Wildman–Crippen MR) is 68.8 cm³/mol. The molecule has 0 aromatic heterocycles. The van der Waals surface area contributed by atoms with Crippen LogP contribution in [0.1, 0.15) is 15.9 Å². The van der Waals surface area contributed by atoms with Gasteiger partial charge in [-0.25, -0.2) is 0 Å². The van der Waals surface area contributed by atoms with Gasteiger partial charge in [-0.2, -0.15) is 13.2 Å². The number of rotatable bonds is 3. The lowest BCUT2D eigenvalue weighted by Crippen LogP contribution is -2.11. The number of ketones is 1. The number of alkyl halides is 4. The Morgan fingerprint density at radius 3 is 2.47 bits per heavy atom. The van der Waals surface area contributed by atoms with Crippen LogP contribution in [0.4, 0.5) is 13.2 Å². The smallest absolute Gasteiger partial charge is 0.417 e. The van der Waals surface area contributed by atoms with E-state index in [4.69, 9.17) is 4.74 Å². The molecule has 94 valence electrons. The van der Waals surface area contributed by atoms with Crippen LogP contribution in [0.3, 0.4) is 0 Å². The molecule has 0 fully saturated rings. The van der Waals surface area contributed by atoms with Crippen molar-refractivity contribution in [3.8, 4) is 5.75 Å². The molecule has 0 radical (unpaired) electrons. The Bertz CT molecular complexity index is 446. The van der Waals surface area contributed by atoms with Crippen molar-refractivity contribution in [1.82, 2.24) is 0 Å². The van der Waals surface area contributed by atoms with Gasteiger partial charge in [-0.1, -0.05) is 15.9 Å². The third kappa shape index (κ3) is 3.34. The summed E-state index contributed by atoms with van der Waals surface area (Å²) in [4.78, 5) is 11.5. The highest BCUT2D eigenvalue weighted by atomic mass is 127.